The van der Waals surface area contributed by atoms with Gasteiger partial charge in [-0.15, -0.1) is 0 Å². The molecule has 9 heteroatoms. The summed E-state index contributed by atoms with van der Waals surface area (Å²) in [5, 5.41) is 3.83. The van der Waals surface area contributed by atoms with Gasteiger partial charge in [0.15, 0.2) is 5.65 Å². The summed E-state index contributed by atoms with van der Waals surface area (Å²) < 4.78 is 41.5. The third-order valence-electron chi connectivity index (χ3n) is 5.25. The van der Waals surface area contributed by atoms with Gasteiger partial charge in [0.25, 0.3) is 6.43 Å². The van der Waals surface area contributed by atoms with Gasteiger partial charge in [0.2, 0.25) is 0 Å². The second kappa shape index (κ2) is 8.37. The quantitative estimate of drug-likeness (QED) is 0.490. The first kappa shape index (κ1) is 20.8. The summed E-state index contributed by atoms with van der Waals surface area (Å²) in [7, 11) is 0. The van der Waals surface area contributed by atoms with E-state index >= 15 is 0 Å². The molecule has 1 N–H and O–H groups in total. The Balaban J connectivity index is 1.72. The molecule has 0 aliphatic carbocycles. The number of nitrogens with one attached hydrogen (secondary N) is 1. The topological polar surface area (TPSA) is 53.9 Å². The van der Waals surface area contributed by atoms with Crippen LogP contribution in [-0.2, 0) is 0 Å². The molecule has 158 valence electrons. The van der Waals surface area contributed by atoms with Crippen LogP contribution in [0.5, 0.6) is 0 Å². The zero-order chi connectivity index (χ0) is 21.4. The van der Waals surface area contributed by atoms with Gasteiger partial charge in [-0.05, 0) is 48.7 Å². The first-order chi connectivity index (χ1) is 14.3. The molecule has 1 aliphatic rings. The fourth-order valence-electron chi connectivity index (χ4n) is 3.74. The van der Waals surface area contributed by atoms with Gasteiger partial charge in [-0.25, -0.2) is 28.1 Å². The van der Waals surface area contributed by atoms with E-state index in [1.807, 2.05) is 6.07 Å². The molecule has 1 fully saturated rings. The number of hydrogen-bond acceptors (Lipinski definition) is 5. The first-order valence-electron chi connectivity index (χ1n) is 9.78. The molecular formula is C21H21BrF3N5. The molecule has 1 aliphatic heterocycles. The molecule has 5 nitrogen and oxygen atoms in total. The number of aromatic nitrogens is 3. The maximum absolute atomic E-state index is 14.6. The lowest BCUT2D eigenvalue weighted by Gasteiger charge is -2.21. The van der Waals surface area contributed by atoms with E-state index in [2.05, 4.69) is 36.1 Å². The summed E-state index contributed by atoms with van der Waals surface area (Å²) in [6.45, 7) is 5.36. The minimum atomic E-state index is -2.87. The van der Waals surface area contributed by atoms with Gasteiger partial charge >= 0.3 is 0 Å². The predicted molar refractivity (Wildman–Crippen MR) is 115 cm³/mol. The molecule has 1 aromatic carbocycles. The van der Waals surface area contributed by atoms with Gasteiger partial charge in [-0.3, -0.25) is 0 Å². The summed E-state index contributed by atoms with van der Waals surface area (Å²) in [5.74, 6) is 0.931. The molecule has 30 heavy (non-hydrogen) atoms. The summed E-state index contributed by atoms with van der Waals surface area (Å²) in [6.07, 6.45) is -0.617. The zero-order valence-electron chi connectivity index (χ0n) is 16.6. The highest BCUT2D eigenvalue weighted by Gasteiger charge is 2.22. The first-order valence-corrected chi connectivity index (χ1v) is 10.6. The molecule has 0 unspecified atom stereocenters. The number of fused-ring (bicyclic) bond motifs is 1. The lowest BCUT2D eigenvalue weighted by atomic mass is 10.0. The maximum atomic E-state index is 14.6. The van der Waals surface area contributed by atoms with Crippen LogP contribution in [0.4, 0.5) is 24.8 Å². The van der Waals surface area contributed by atoms with Crippen LogP contribution in [0.15, 0.2) is 28.7 Å². The van der Waals surface area contributed by atoms with E-state index < -0.39 is 23.8 Å². The van der Waals surface area contributed by atoms with E-state index in [1.165, 1.54) is 12.1 Å². The number of benzene rings is 1. The van der Waals surface area contributed by atoms with Crippen molar-refractivity contribution in [2.24, 2.45) is 0 Å². The third-order valence-corrected chi connectivity index (χ3v) is 5.84. The highest BCUT2D eigenvalue weighted by Crippen LogP contribution is 2.34. The second-order valence-corrected chi connectivity index (χ2v) is 8.25. The molecule has 3 heterocycles. The van der Waals surface area contributed by atoms with E-state index in [-0.39, 0.29) is 5.56 Å². The Bertz CT molecular complexity index is 1090. The number of hydrogen-bond donors (Lipinski definition) is 1. The summed E-state index contributed by atoms with van der Waals surface area (Å²) in [5.41, 5.74) is 0.0755. The second-order valence-electron chi connectivity index (χ2n) is 7.40. The van der Waals surface area contributed by atoms with Crippen LogP contribution < -0.4 is 10.2 Å². The molecule has 1 atom stereocenters. The standard InChI is InChI=1S/C21H21BrF3N5/c1-11(13-6-5-7-14(17(13)23)18(24)25)26-19-15-10-16(22)21(30-8-3-4-9-30)29-20(15)28-12(2)27-19/h5-7,10-11,18H,3-4,8-9H2,1-2H3,(H,26,27,28,29)/t11-/m1/s1. The fourth-order valence-corrected chi connectivity index (χ4v) is 4.31. The Hall–Kier alpha value is -2.42. The van der Waals surface area contributed by atoms with Crippen LogP contribution >= 0.6 is 15.9 Å². The van der Waals surface area contributed by atoms with Crippen LogP contribution in [0.3, 0.4) is 0 Å². The number of halogens is 4. The van der Waals surface area contributed by atoms with E-state index in [0.717, 1.165) is 42.3 Å². The SMILES string of the molecule is Cc1nc(N[C@H](C)c2cccc(C(F)F)c2F)c2cc(Br)c(N3CCCC3)nc2n1. The molecule has 0 spiro atoms. The number of anilines is 2. The number of pyridine rings is 1. The Kier molecular flexibility index (Phi) is 5.81. The van der Waals surface area contributed by atoms with Crippen molar-refractivity contribution in [2.45, 2.75) is 39.2 Å². The van der Waals surface area contributed by atoms with Crippen molar-refractivity contribution in [3.63, 3.8) is 0 Å². The molecular weight excluding hydrogens is 459 g/mol. The van der Waals surface area contributed by atoms with Crippen molar-refractivity contribution < 1.29 is 13.2 Å². The maximum Gasteiger partial charge on any atom is 0.266 e. The van der Waals surface area contributed by atoms with Crippen LogP contribution in [0, 0.1) is 12.7 Å². The van der Waals surface area contributed by atoms with Gasteiger partial charge in [0.05, 0.1) is 21.5 Å². The van der Waals surface area contributed by atoms with Crippen LogP contribution in [0.1, 0.15) is 49.2 Å². The normalized spacial score (nSPS) is 15.2. The molecule has 0 amide bonds. The van der Waals surface area contributed by atoms with Crippen molar-refractivity contribution in [1.29, 1.82) is 0 Å². The number of aryl methyl sites for hydroxylation is 1. The van der Waals surface area contributed by atoms with Gasteiger partial charge in [0.1, 0.15) is 23.3 Å². The van der Waals surface area contributed by atoms with Crippen molar-refractivity contribution in [2.75, 3.05) is 23.3 Å². The minimum Gasteiger partial charge on any atom is -0.363 e. The van der Waals surface area contributed by atoms with Crippen molar-refractivity contribution in [3.05, 3.63) is 51.5 Å². The van der Waals surface area contributed by atoms with Gasteiger partial charge < -0.3 is 10.2 Å². The minimum absolute atomic E-state index is 0.151. The zero-order valence-corrected chi connectivity index (χ0v) is 18.2. The Morgan fingerprint density at radius 2 is 1.80 bits per heavy atom. The monoisotopic (exact) mass is 479 g/mol. The lowest BCUT2D eigenvalue weighted by Crippen LogP contribution is -2.20. The van der Waals surface area contributed by atoms with Crippen molar-refractivity contribution in [1.82, 2.24) is 15.0 Å². The van der Waals surface area contributed by atoms with Gasteiger partial charge in [-0.2, -0.15) is 0 Å². The fraction of sp³-hybridized carbons (Fsp3) is 0.381. The number of nitrogens with zero attached hydrogens (tertiary/aromatic N) is 4. The molecule has 0 radical (unpaired) electrons. The summed E-state index contributed by atoms with van der Waals surface area (Å²) in [4.78, 5) is 15.9. The summed E-state index contributed by atoms with van der Waals surface area (Å²) in [6, 6.07) is 5.34. The molecule has 3 aromatic rings. The largest absolute Gasteiger partial charge is 0.363 e. The van der Waals surface area contributed by atoms with Crippen LogP contribution in [-0.4, -0.2) is 28.0 Å². The molecule has 0 bridgehead atoms. The van der Waals surface area contributed by atoms with Gasteiger partial charge in [-0.1, -0.05) is 18.2 Å². The smallest absolute Gasteiger partial charge is 0.266 e. The van der Waals surface area contributed by atoms with Crippen molar-refractivity contribution in [3.8, 4) is 0 Å². The Morgan fingerprint density at radius 1 is 1.10 bits per heavy atom. The van der Waals surface area contributed by atoms with Gasteiger partial charge in [0, 0.05) is 18.7 Å². The molecule has 1 saturated heterocycles. The third kappa shape index (κ3) is 3.95. The van der Waals surface area contributed by atoms with Crippen LogP contribution in [0.2, 0.25) is 0 Å². The highest BCUT2D eigenvalue weighted by molar-refractivity contribution is 9.10. The van der Waals surface area contributed by atoms with E-state index in [9.17, 15) is 13.2 Å². The Morgan fingerprint density at radius 3 is 2.50 bits per heavy atom. The van der Waals surface area contributed by atoms with E-state index in [0.29, 0.717) is 22.7 Å². The lowest BCUT2D eigenvalue weighted by molar-refractivity contribution is 0.146. The van der Waals surface area contributed by atoms with E-state index in [1.54, 1.807) is 13.8 Å². The average Bonchev–Trinajstić information content (AvgIpc) is 3.22. The number of alkyl halides is 2. The van der Waals surface area contributed by atoms with Crippen LogP contribution in [0.25, 0.3) is 11.0 Å². The van der Waals surface area contributed by atoms with Crippen molar-refractivity contribution >= 4 is 38.6 Å². The highest BCUT2D eigenvalue weighted by atomic mass is 79.9. The molecule has 0 saturated carbocycles. The number of rotatable bonds is 5. The summed E-state index contributed by atoms with van der Waals surface area (Å²) >= 11 is 3.60. The van der Waals surface area contributed by atoms with E-state index in [4.69, 9.17) is 4.98 Å². The predicted octanol–water partition coefficient (Wildman–Crippen LogP) is 5.95. The molecule has 2 aromatic heterocycles. The average molecular weight is 480 g/mol. The molecule has 4 rings (SSSR count). The Labute approximate surface area is 180 Å².